The van der Waals surface area contributed by atoms with Crippen molar-refractivity contribution in [3.8, 4) is 0 Å². The van der Waals surface area contributed by atoms with Crippen molar-refractivity contribution in [2.75, 3.05) is 18.8 Å². The maximum absolute atomic E-state index is 12.4. The van der Waals surface area contributed by atoms with Crippen LogP contribution >= 0.6 is 11.8 Å². The van der Waals surface area contributed by atoms with Gasteiger partial charge in [-0.1, -0.05) is 54.9 Å². The number of H-pyrrole nitrogens is 1. The molecular formula is C18H24N4O2S. The number of aryl methyl sites for hydroxylation is 1. The highest BCUT2D eigenvalue weighted by Crippen LogP contribution is 2.17. The molecule has 0 aliphatic carbocycles. The van der Waals surface area contributed by atoms with Gasteiger partial charge in [0, 0.05) is 19.6 Å². The minimum atomic E-state index is -0.222. The minimum Gasteiger partial charge on any atom is -0.342 e. The minimum absolute atomic E-state index is 0.136. The topological polar surface area (TPSA) is 71.0 Å². The summed E-state index contributed by atoms with van der Waals surface area (Å²) < 4.78 is 1.62. The van der Waals surface area contributed by atoms with E-state index in [1.54, 1.807) is 4.57 Å². The van der Waals surface area contributed by atoms with Gasteiger partial charge >= 0.3 is 5.69 Å². The molecule has 0 unspecified atom stereocenters. The molecule has 0 spiro atoms. The molecule has 0 bridgehead atoms. The van der Waals surface area contributed by atoms with Crippen LogP contribution in [0.4, 0.5) is 0 Å². The smallest absolute Gasteiger partial charge is 0.342 e. The van der Waals surface area contributed by atoms with E-state index in [4.69, 9.17) is 0 Å². The highest BCUT2D eigenvalue weighted by molar-refractivity contribution is 7.99. The predicted molar refractivity (Wildman–Crippen MR) is 98.8 cm³/mol. The average Bonchev–Trinajstić information content (AvgIpc) is 2.83. The van der Waals surface area contributed by atoms with Gasteiger partial charge in [-0.15, -0.1) is 5.10 Å². The molecule has 1 aliphatic heterocycles. The summed E-state index contributed by atoms with van der Waals surface area (Å²) >= 11 is 1.34. The number of thioether (sulfide) groups is 1. The number of nitrogens with one attached hydrogen (secondary N) is 1. The molecule has 1 amide bonds. The summed E-state index contributed by atoms with van der Waals surface area (Å²) in [7, 11) is 0. The summed E-state index contributed by atoms with van der Waals surface area (Å²) in [5, 5.41) is 7.17. The molecule has 1 aromatic heterocycles. The van der Waals surface area contributed by atoms with Gasteiger partial charge in [-0.2, -0.15) is 0 Å². The normalized spacial score (nSPS) is 15.1. The van der Waals surface area contributed by atoms with Crippen LogP contribution in [-0.4, -0.2) is 44.4 Å². The fraction of sp³-hybridized carbons (Fsp3) is 0.500. The molecule has 134 valence electrons. The Morgan fingerprint density at radius 3 is 2.56 bits per heavy atom. The first-order valence-corrected chi connectivity index (χ1v) is 9.82. The Kier molecular flexibility index (Phi) is 6.33. The van der Waals surface area contributed by atoms with Crippen LogP contribution in [0.3, 0.4) is 0 Å². The third-order valence-electron chi connectivity index (χ3n) is 4.47. The van der Waals surface area contributed by atoms with E-state index in [0.717, 1.165) is 32.4 Å². The van der Waals surface area contributed by atoms with E-state index in [9.17, 15) is 9.59 Å². The van der Waals surface area contributed by atoms with Crippen LogP contribution in [-0.2, 0) is 17.8 Å². The van der Waals surface area contributed by atoms with Crippen molar-refractivity contribution < 1.29 is 4.79 Å². The summed E-state index contributed by atoms with van der Waals surface area (Å²) in [6, 6.07) is 10.0. The van der Waals surface area contributed by atoms with E-state index < -0.39 is 0 Å². The highest BCUT2D eigenvalue weighted by atomic mass is 32.2. The van der Waals surface area contributed by atoms with Gasteiger partial charge in [0.25, 0.3) is 0 Å². The molecule has 0 radical (unpaired) electrons. The number of hydrogen-bond donors (Lipinski definition) is 1. The Morgan fingerprint density at radius 1 is 1.12 bits per heavy atom. The Hall–Kier alpha value is -2.02. The molecule has 6 nitrogen and oxygen atoms in total. The van der Waals surface area contributed by atoms with Crippen molar-refractivity contribution in [3.05, 3.63) is 46.4 Å². The maximum atomic E-state index is 12.4. The van der Waals surface area contributed by atoms with E-state index in [0.29, 0.717) is 17.5 Å². The number of rotatable bonds is 6. The lowest BCUT2D eigenvalue weighted by Crippen LogP contribution is -2.33. The van der Waals surface area contributed by atoms with Crippen molar-refractivity contribution in [2.24, 2.45) is 0 Å². The zero-order valence-corrected chi connectivity index (χ0v) is 15.1. The number of nitrogens with zero attached hydrogens (tertiary/aromatic N) is 3. The molecule has 1 fully saturated rings. The van der Waals surface area contributed by atoms with Crippen LogP contribution in [0.15, 0.2) is 40.3 Å². The Morgan fingerprint density at radius 2 is 1.84 bits per heavy atom. The molecule has 1 saturated heterocycles. The molecule has 2 aromatic rings. The predicted octanol–water partition coefficient (Wildman–Crippen LogP) is 2.31. The van der Waals surface area contributed by atoms with Gasteiger partial charge in [0.1, 0.15) is 0 Å². The van der Waals surface area contributed by atoms with E-state index in [2.05, 4.69) is 10.2 Å². The van der Waals surface area contributed by atoms with E-state index in [-0.39, 0.29) is 11.6 Å². The van der Waals surface area contributed by atoms with Crippen LogP contribution in [0.1, 0.15) is 31.2 Å². The molecule has 25 heavy (non-hydrogen) atoms. The average molecular weight is 360 g/mol. The molecule has 0 saturated carbocycles. The van der Waals surface area contributed by atoms with Crippen molar-refractivity contribution in [2.45, 2.75) is 43.8 Å². The number of amides is 1. The zero-order valence-electron chi connectivity index (χ0n) is 14.3. The van der Waals surface area contributed by atoms with Crippen molar-refractivity contribution in [1.82, 2.24) is 19.7 Å². The second-order valence-electron chi connectivity index (χ2n) is 6.28. The van der Waals surface area contributed by atoms with E-state index >= 15 is 0 Å². The largest absolute Gasteiger partial charge is 0.343 e. The molecule has 7 heteroatoms. The van der Waals surface area contributed by atoms with Crippen LogP contribution in [0.5, 0.6) is 0 Å². The second-order valence-corrected chi connectivity index (χ2v) is 7.22. The molecule has 1 aromatic carbocycles. The second kappa shape index (κ2) is 8.89. The van der Waals surface area contributed by atoms with Crippen LogP contribution in [0.25, 0.3) is 0 Å². The molecule has 1 N–H and O–H groups in total. The van der Waals surface area contributed by atoms with Crippen LogP contribution in [0.2, 0.25) is 0 Å². The maximum Gasteiger partial charge on any atom is 0.343 e. The summed E-state index contributed by atoms with van der Waals surface area (Å²) in [6.07, 6.45) is 5.33. The summed E-state index contributed by atoms with van der Waals surface area (Å²) in [6.45, 7) is 2.25. The Balaban J connectivity index is 1.57. The van der Waals surface area contributed by atoms with Gasteiger partial charge < -0.3 is 4.90 Å². The summed E-state index contributed by atoms with van der Waals surface area (Å²) in [5.41, 5.74) is 0.952. The number of likely N-dealkylation sites (tertiary alicyclic amines) is 1. The van der Waals surface area contributed by atoms with Gasteiger partial charge in [-0.25, -0.2) is 9.89 Å². The summed E-state index contributed by atoms with van der Waals surface area (Å²) in [5.74, 6) is 0.465. The highest BCUT2D eigenvalue weighted by Gasteiger charge is 2.17. The molecule has 1 aliphatic rings. The fourth-order valence-electron chi connectivity index (χ4n) is 3.03. The lowest BCUT2D eigenvalue weighted by Gasteiger charge is -2.19. The SMILES string of the molecule is O=C(CSc1n[nH]c(=O)n1CCc1ccccc1)N1CCCCCC1. The molecular weight excluding hydrogens is 336 g/mol. The third kappa shape index (κ3) is 4.98. The number of benzene rings is 1. The number of aromatic nitrogens is 3. The lowest BCUT2D eigenvalue weighted by atomic mass is 10.1. The van der Waals surface area contributed by atoms with Crippen molar-refractivity contribution in [3.63, 3.8) is 0 Å². The van der Waals surface area contributed by atoms with Gasteiger partial charge in [-0.3, -0.25) is 9.36 Å². The van der Waals surface area contributed by atoms with Crippen molar-refractivity contribution >= 4 is 17.7 Å². The number of hydrogen-bond acceptors (Lipinski definition) is 4. The zero-order chi connectivity index (χ0) is 17.5. The Bertz CT molecular complexity index is 733. The van der Waals surface area contributed by atoms with E-state index in [1.165, 1.54) is 30.2 Å². The number of carbonyl (C=O) groups excluding carboxylic acids is 1. The number of carbonyl (C=O) groups is 1. The van der Waals surface area contributed by atoms with Crippen LogP contribution < -0.4 is 5.69 Å². The van der Waals surface area contributed by atoms with Gasteiger partial charge in [-0.05, 0) is 24.8 Å². The Labute approximate surface area is 151 Å². The first kappa shape index (κ1) is 17.8. The van der Waals surface area contributed by atoms with Gasteiger partial charge in [0.05, 0.1) is 5.75 Å². The van der Waals surface area contributed by atoms with Gasteiger partial charge in [0.2, 0.25) is 5.91 Å². The molecule has 3 rings (SSSR count). The van der Waals surface area contributed by atoms with Crippen molar-refractivity contribution in [1.29, 1.82) is 0 Å². The monoisotopic (exact) mass is 360 g/mol. The fourth-order valence-corrected chi connectivity index (χ4v) is 3.91. The first-order chi connectivity index (χ1) is 12.2. The lowest BCUT2D eigenvalue weighted by molar-refractivity contribution is -0.128. The first-order valence-electron chi connectivity index (χ1n) is 8.84. The number of aromatic amines is 1. The van der Waals surface area contributed by atoms with E-state index in [1.807, 2.05) is 35.2 Å². The standard InChI is InChI=1S/C18H24N4O2S/c23-16(21-11-6-1-2-7-12-21)14-25-18-20-19-17(24)22(18)13-10-15-8-4-3-5-9-15/h3-5,8-9H,1-2,6-7,10-14H2,(H,19,24). The summed E-state index contributed by atoms with van der Waals surface area (Å²) in [4.78, 5) is 26.3. The van der Waals surface area contributed by atoms with Crippen LogP contribution in [0, 0.1) is 0 Å². The third-order valence-corrected chi connectivity index (χ3v) is 5.43. The quantitative estimate of drug-likeness (QED) is 0.803. The molecule has 2 heterocycles. The molecule has 0 atom stereocenters. The van der Waals surface area contributed by atoms with Gasteiger partial charge in [0.15, 0.2) is 5.16 Å².